The van der Waals surface area contributed by atoms with E-state index in [1.165, 1.54) is 0 Å². The first-order chi connectivity index (χ1) is 6.68. The van der Waals surface area contributed by atoms with Gasteiger partial charge in [-0.1, -0.05) is 40.5 Å². The number of rotatable bonds is 1. The van der Waals surface area contributed by atoms with Gasteiger partial charge in [-0.15, -0.1) is 0 Å². The molecule has 1 aromatic carbocycles. The van der Waals surface area contributed by atoms with Crippen LogP contribution in [0.25, 0.3) is 11.3 Å². The Labute approximate surface area is 95.4 Å². The maximum Gasteiger partial charge on any atom is 0.245 e. The second-order valence-corrected chi connectivity index (χ2v) is 3.78. The van der Waals surface area contributed by atoms with E-state index in [0.717, 1.165) is 5.56 Å². The Morgan fingerprint density at radius 3 is 2.14 bits per heavy atom. The summed E-state index contributed by atoms with van der Waals surface area (Å²) in [4.78, 5) is 0. The highest BCUT2D eigenvalue weighted by Crippen LogP contribution is 2.33. The van der Waals surface area contributed by atoms with Gasteiger partial charge in [0.2, 0.25) is 5.22 Å². The lowest BCUT2D eigenvalue weighted by Crippen LogP contribution is -1.76. The third-order valence-electron chi connectivity index (χ3n) is 1.72. The molecule has 14 heavy (non-hydrogen) atoms. The maximum absolute atomic E-state index is 5.86. The van der Waals surface area contributed by atoms with Gasteiger partial charge in [0, 0.05) is 10.6 Å². The van der Waals surface area contributed by atoms with Crippen molar-refractivity contribution >= 4 is 34.8 Å². The summed E-state index contributed by atoms with van der Waals surface area (Å²) in [7, 11) is 0. The molecule has 1 aromatic heterocycles. The molecular formula is C9H4Cl3NO. The summed E-state index contributed by atoms with van der Waals surface area (Å²) < 4.78 is 4.73. The van der Waals surface area contributed by atoms with Gasteiger partial charge in [0.25, 0.3) is 0 Å². The minimum absolute atomic E-state index is 0.0941. The molecule has 0 saturated heterocycles. The summed E-state index contributed by atoms with van der Waals surface area (Å²) in [6, 6.07) is 7.08. The summed E-state index contributed by atoms with van der Waals surface area (Å²) in [6.07, 6.45) is 0. The molecule has 0 radical (unpaired) electrons. The van der Waals surface area contributed by atoms with Gasteiger partial charge in [-0.2, -0.15) is 0 Å². The van der Waals surface area contributed by atoms with Gasteiger partial charge in [0.05, 0.1) is 0 Å². The van der Waals surface area contributed by atoms with Crippen LogP contribution in [0.3, 0.4) is 0 Å². The van der Waals surface area contributed by atoms with E-state index in [-0.39, 0.29) is 5.22 Å². The van der Waals surface area contributed by atoms with Gasteiger partial charge < -0.3 is 4.52 Å². The number of benzene rings is 1. The zero-order chi connectivity index (χ0) is 10.1. The quantitative estimate of drug-likeness (QED) is 0.752. The number of hydrogen-bond acceptors (Lipinski definition) is 2. The first-order valence-corrected chi connectivity index (χ1v) is 4.88. The van der Waals surface area contributed by atoms with Crippen molar-refractivity contribution in [1.29, 1.82) is 0 Å². The first kappa shape index (κ1) is 9.84. The largest absolute Gasteiger partial charge is 0.342 e. The average Bonchev–Trinajstić information content (AvgIpc) is 2.50. The Bertz CT molecular complexity index is 450. The van der Waals surface area contributed by atoms with Gasteiger partial charge >= 0.3 is 0 Å². The van der Waals surface area contributed by atoms with E-state index in [1.807, 2.05) is 0 Å². The molecule has 0 aliphatic rings. The third kappa shape index (κ3) is 1.73. The van der Waals surface area contributed by atoms with E-state index < -0.39 is 0 Å². The van der Waals surface area contributed by atoms with Gasteiger partial charge in [0.1, 0.15) is 10.7 Å². The summed E-state index contributed by atoms with van der Waals surface area (Å²) in [5.41, 5.74) is 1.34. The maximum atomic E-state index is 5.86. The van der Waals surface area contributed by atoms with E-state index in [1.54, 1.807) is 24.3 Å². The molecular weight excluding hydrogens is 244 g/mol. The van der Waals surface area contributed by atoms with Crippen LogP contribution in [-0.2, 0) is 0 Å². The standard InChI is InChI=1S/C9H4Cl3NO/c10-6-3-1-5(2-4-6)8-7(11)9(12)14-13-8/h1-4H. The van der Waals surface area contributed by atoms with E-state index in [0.29, 0.717) is 15.7 Å². The Balaban J connectivity index is 2.49. The van der Waals surface area contributed by atoms with Crippen LogP contribution in [0.2, 0.25) is 15.3 Å². The van der Waals surface area contributed by atoms with Crippen molar-refractivity contribution in [3.63, 3.8) is 0 Å². The molecule has 0 saturated carbocycles. The van der Waals surface area contributed by atoms with Crippen LogP contribution in [0.1, 0.15) is 0 Å². The highest BCUT2D eigenvalue weighted by molar-refractivity contribution is 6.42. The van der Waals surface area contributed by atoms with E-state index in [9.17, 15) is 0 Å². The molecule has 0 unspecified atom stereocenters. The van der Waals surface area contributed by atoms with Gasteiger partial charge in [-0.25, -0.2) is 0 Å². The molecule has 2 aromatic rings. The SMILES string of the molecule is Clc1ccc(-c2noc(Cl)c2Cl)cc1. The summed E-state index contributed by atoms with van der Waals surface area (Å²) in [6.45, 7) is 0. The molecule has 1 heterocycles. The molecule has 5 heteroatoms. The summed E-state index contributed by atoms with van der Waals surface area (Å²) >= 11 is 17.2. The molecule has 0 amide bonds. The molecule has 0 atom stereocenters. The third-order valence-corrected chi connectivity index (χ3v) is 2.67. The van der Waals surface area contributed by atoms with Crippen LogP contribution < -0.4 is 0 Å². The van der Waals surface area contributed by atoms with Crippen molar-refractivity contribution in [3.8, 4) is 11.3 Å². The molecule has 72 valence electrons. The van der Waals surface area contributed by atoms with Crippen LogP contribution in [-0.4, -0.2) is 5.16 Å². The van der Waals surface area contributed by atoms with Crippen molar-refractivity contribution < 1.29 is 4.52 Å². The van der Waals surface area contributed by atoms with Crippen LogP contribution in [0, 0.1) is 0 Å². The van der Waals surface area contributed by atoms with Crippen LogP contribution in [0.5, 0.6) is 0 Å². The van der Waals surface area contributed by atoms with Crippen LogP contribution in [0.4, 0.5) is 0 Å². The lowest BCUT2D eigenvalue weighted by atomic mass is 10.2. The van der Waals surface area contributed by atoms with E-state index in [2.05, 4.69) is 5.16 Å². The minimum Gasteiger partial charge on any atom is -0.342 e. The first-order valence-electron chi connectivity index (χ1n) is 3.75. The van der Waals surface area contributed by atoms with Crippen LogP contribution in [0.15, 0.2) is 28.8 Å². The van der Waals surface area contributed by atoms with Gasteiger partial charge in [-0.05, 0) is 23.7 Å². The van der Waals surface area contributed by atoms with Crippen molar-refractivity contribution in [2.75, 3.05) is 0 Å². The monoisotopic (exact) mass is 247 g/mol. The second kappa shape index (κ2) is 3.81. The fourth-order valence-electron chi connectivity index (χ4n) is 1.05. The van der Waals surface area contributed by atoms with Gasteiger partial charge in [0.15, 0.2) is 0 Å². The minimum atomic E-state index is 0.0941. The number of aromatic nitrogens is 1. The smallest absolute Gasteiger partial charge is 0.245 e. The molecule has 0 fully saturated rings. The molecule has 0 spiro atoms. The molecule has 0 N–H and O–H groups in total. The average molecular weight is 248 g/mol. The molecule has 0 aliphatic carbocycles. The van der Waals surface area contributed by atoms with Crippen molar-refractivity contribution in [1.82, 2.24) is 5.16 Å². The molecule has 0 aliphatic heterocycles. The highest BCUT2D eigenvalue weighted by Gasteiger charge is 2.13. The summed E-state index contributed by atoms with van der Waals surface area (Å²) in [5, 5.41) is 4.79. The highest BCUT2D eigenvalue weighted by atomic mass is 35.5. The Morgan fingerprint density at radius 1 is 1.00 bits per heavy atom. The Kier molecular flexibility index (Phi) is 2.68. The number of nitrogens with zero attached hydrogens (tertiary/aromatic N) is 1. The molecule has 2 nitrogen and oxygen atoms in total. The summed E-state index contributed by atoms with van der Waals surface area (Å²) in [5.74, 6) is 0. The lowest BCUT2D eigenvalue weighted by Gasteiger charge is -1.95. The Morgan fingerprint density at radius 2 is 1.64 bits per heavy atom. The van der Waals surface area contributed by atoms with Crippen molar-refractivity contribution in [2.45, 2.75) is 0 Å². The predicted molar refractivity (Wildman–Crippen MR) is 57.0 cm³/mol. The lowest BCUT2D eigenvalue weighted by molar-refractivity contribution is 0.424. The van der Waals surface area contributed by atoms with E-state index >= 15 is 0 Å². The zero-order valence-electron chi connectivity index (χ0n) is 6.80. The van der Waals surface area contributed by atoms with E-state index in [4.69, 9.17) is 39.3 Å². The normalized spacial score (nSPS) is 10.5. The zero-order valence-corrected chi connectivity index (χ0v) is 9.07. The fraction of sp³-hybridized carbons (Fsp3) is 0. The Hall–Kier alpha value is -0.700. The predicted octanol–water partition coefficient (Wildman–Crippen LogP) is 4.30. The van der Waals surface area contributed by atoms with Crippen molar-refractivity contribution in [2.24, 2.45) is 0 Å². The number of halogens is 3. The topological polar surface area (TPSA) is 26.0 Å². The number of hydrogen-bond donors (Lipinski definition) is 0. The van der Waals surface area contributed by atoms with Crippen LogP contribution >= 0.6 is 34.8 Å². The van der Waals surface area contributed by atoms with Crippen molar-refractivity contribution in [3.05, 3.63) is 39.5 Å². The molecule has 0 bridgehead atoms. The van der Waals surface area contributed by atoms with Gasteiger partial charge in [-0.3, -0.25) is 0 Å². The second-order valence-electron chi connectivity index (χ2n) is 2.63. The fourth-order valence-corrected chi connectivity index (χ4v) is 1.47. The molecule has 2 rings (SSSR count).